The van der Waals surface area contributed by atoms with Crippen molar-refractivity contribution in [3.8, 4) is 0 Å². The Balaban J connectivity index is 2.06. The molecule has 1 aromatic carbocycles. The van der Waals surface area contributed by atoms with Crippen molar-refractivity contribution >= 4 is 5.91 Å². The SMILES string of the molecule is CN(C)Cc1ccc([C@@H]2CCCCN2C(=O)CCC(F)(F)F)cc1. The van der Waals surface area contributed by atoms with Crippen molar-refractivity contribution < 1.29 is 18.0 Å². The van der Waals surface area contributed by atoms with Gasteiger partial charge < -0.3 is 9.80 Å². The highest BCUT2D eigenvalue weighted by Crippen LogP contribution is 2.32. The lowest BCUT2D eigenvalue weighted by molar-refractivity contribution is -0.151. The molecule has 3 nitrogen and oxygen atoms in total. The van der Waals surface area contributed by atoms with Gasteiger partial charge in [0.25, 0.3) is 0 Å². The van der Waals surface area contributed by atoms with Crippen LogP contribution in [0.2, 0.25) is 0 Å². The van der Waals surface area contributed by atoms with Crippen molar-refractivity contribution in [2.24, 2.45) is 0 Å². The third kappa shape index (κ3) is 5.51. The second-order valence-electron chi connectivity index (χ2n) is 6.69. The van der Waals surface area contributed by atoms with Gasteiger partial charge in [-0.05, 0) is 44.5 Å². The van der Waals surface area contributed by atoms with Crippen LogP contribution in [0.5, 0.6) is 0 Å². The summed E-state index contributed by atoms with van der Waals surface area (Å²) in [6, 6.07) is 7.95. The Morgan fingerprint density at radius 2 is 1.88 bits per heavy atom. The number of carbonyl (C=O) groups is 1. The van der Waals surface area contributed by atoms with Crippen molar-refractivity contribution in [1.29, 1.82) is 0 Å². The number of benzene rings is 1. The molecule has 1 aliphatic heterocycles. The first-order valence-corrected chi connectivity index (χ1v) is 8.36. The first-order valence-electron chi connectivity index (χ1n) is 8.36. The number of piperidine rings is 1. The molecular formula is C18H25F3N2O. The highest BCUT2D eigenvalue weighted by atomic mass is 19.4. The first kappa shape index (κ1) is 18.8. The molecule has 1 fully saturated rings. The maximum atomic E-state index is 12.4. The molecule has 0 aromatic heterocycles. The number of hydrogen-bond donors (Lipinski definition) is 0. The molecule has 0 spiro atoms. The summed E-state index contributed by atoms with van der Waals surface area (Å²) >= 11 is 0. The molecule has 2 rings (SSSR count). The van der Waals surface area contributed by atoms with Crippen molar-refractivity contribution in [1.82, 2.24) is 9.80 Å². The summed E-state index contributed by atoms with van der Waals surface area (Å²) in [5.41, 5.74) is 2.19. The van der Waals surface area contributed by atoms with E-state index in [4.69, 9.17) is 0 Å². The Labute approximate surface area is 141 Å². The first-order chi connectivity index (χ1) is 11.3. The van der Waals surface area contributed by atoms with E-state index in [0.29, 0.717) is 6.54 Å². The zero-order valence-electron chi connectivity index (χ0n) is 14.3. The largest absolute Gasteiger partial charge is 0.389 e. The lowest BCUT2D eigenvalue weighted by Gasteiger charge is -2.36. The van der Waals surface area contributed by atoms with Crippen molar-refractivity contribution in [2.45, 2.75) is 50.9 Å². The van der Waals surface area contributed by atoms with E-state index in [-0.39, 0.29) is 6.04 Å². The molecular weight excluding hydrogens is 317 g/mol. The molecule has 24 heavy (non-hydrogen) atoms. The lowest BCUT2D eigenvalue weighted by atomic mass is 9.94. The Bertz CT molecular complexity index is 540. The molecule has 1 heterocycles. The van der Waals surface area contributed by atoms with E-state index in [1.807, 2.05) is 38.4 Å². The summed E-state index contributed by atoms with van der Waals surface area (Å²) in [5, 5.41) is 0. The number of carbonyl (C=O) groups excluding carboxylic acids is 1. The van der Waals surface area contributed by atoms with Crippen LogP contribution < -0.4 is 0 Å². The number of nitrogens with zero attached hydrogens (tertiary/aromatic N) is 2. The van der Waals surface area contributed by atoms with E-state index in [0.717, 1.165) is 31.4 Å². The summed E-state index contributed by atoms with van der Waals surface area (Å²) < 4.78 is 37.1. The fourth-order valence-corrected chi connectivity index (χ4v) is 3.18. The third-order valence-electron chi connectivity index (χ3n) is 4.31. The summed E-state index contributed by atoms with van der Waals surface area (Å²) in [7, 11) is 3.99. The molecule has 0 saturated carbocycles. The lowest BCUT2D eigenvalue weighted by Crippen LogP contribution is -2.38. The van der Waals surface area contributed by atoms with E-state index in [1.165, 1.54) is 5.56 Å². The molecule has 0 radical (unpaired) electrons. The number of likely N-dealkylation sites (tertiary alicyclic amines) is 1. The molecule has 0 unspecified atom stereocenters. The summed E-state index contributed by atoms with van der Waals surface area (Å²) in [6.45, 7) is 1.37. The standard InChI is InChI=1S/C18H25F3N2O/c1-22(2)13-14-6-8-15(9-7-14)16-5-3-4-12-23(16)17(24)10-11-18(19,20)21/h6-9,16H,3-5,10-13H2,1-2H3/t16-/m0/s1. The van der Waals surface area contributed by atoms with Gasteiger partial charge in [-0.25, -0.2) is 0 Å². The topological polar surface area (TPSA) is 23.6 Å². The van der Waals surface area contributed by atoms with Crippen LogP contribution in [0.1, 0.15) is 49.3 Å². The number of amides is 1. The molecule has 134 valence electrons. The van der Waals surface area contributed by atoms with Gasteiger partial charge in [0.1, 0.15) is 0 Å². The minimum Gasteiger partial charge on any atom is -0.336 e. The van der Waals surface area contributed by atoms with Crippen LogP contribution >= 0.6 is 0 Å². The van der Waals surface area contributed by atoms with E-state index in [9.17, 15) is 18.0 Å². The molecule has 0 aliphatic carbocycles. The van der Waals surface area contributed by atoms with E-state index < -0.39 is 24.9 Å². The van der Waals surface area contributed by atoms with Gasteiger partial charge >= 0.3 is 6.18 Å². The summed E-state index contributed by atoms with van der Waals surface area (Å²) in [5.74, 6) is -0.394. The van der Waals surface area contributed by atoms with Crippen LogP contribution in [0.4, 0.5) is 13.2 Å². The highest BCUT2D eigenvalue weighted by molar-refractivity contribution is 5.76. The molecule has 1 aromatic rings. The number of hydrogen-bond acceptors (Lipinski definition) is 2. The number of rotatable bonds is 5. The summed E-state index contributed by atoms with van der Waals surface area (Å²) in [6.07, 6.45) is -3.13. The highest BCUT2D eigenvalue weighted by Gasteiger charge is 2.32. The predicted molar refractivity (Wildman–Crippen MR) is 87.4 cm³/mol. The molecule has 0 bridgehead atoms. The van der Waals surface area contributed by atoms with Gasteiger partial charge in [0, 0.05) is 19.5 Å². The Hall–Kier alpha value is -1.56. The molecule has 1 saturated heterocycles. The van der Waals surface area contributed by atoms with Gasteiger partial charge in [-0.1, -0.05) is 24.3 Å². The fraction of sp³-hybridized carbons (Fsp3) is 0.611. The number of alkyl halides is 3. The maximum Gasteiger partial charge on any atom is 0.389 e. The van der Waals surface area contributed by atoms with Crippen molar-refractivity contribution in [3.63, 3.8) is 0 Å². The van der Waals surface area contributed by atoms with Gasteiger partial charge in [0.2, 0.25) is 5.91 Å². The smallest absolute Gasteiger partial charge is 0.336 e. The van der Waals surface area contributed by atoms with Gasteiger partial charge in [-0.2, -0.15) is 13.2 Å². The average Bonchev–Trinajstić information content (AvgIpc) is 2.52. The van der Waals surface area contributed by atoms with Crippen molar-refractivity contribution in [3.05, 3.63) is 35.4 Å². The average molecular weight is 342 g/mol. The second-order valence-corrected chi connectivity index (χ2v) is 6.69. The van der Waals surface area contributed by atoms with Crippen LogP contribution in [0.3, 0.4) is 0 Å². The normalized spacial score (nSPS) is 18.9. The van der Waals surface area contributed by atoms with Crippen molar-refractivity contribution in [2.75, 3.05) is 20.6 Å². The van der Waals surface area contributed by atoms with E-state index in [1.54, 1.807) is 4.90 Å². The van der Waals surface area contributed by atoms with Crippen LogP contribution in [-0.4, -0.2) is 42.5 Å². The van der Waals surface area contributed by atoms with Gasteiger partial charge in [-0.3, -0.25) is 4.79 Å². The quantitative estimate of drug-likeness (QED) is 0.803. The van der Waals surface area contributed by atoms with Gasteiger partial charge in [-0.15, -0.1) is 0 Å². The van der Waals surface area contributed by atoms with Crippen LogP contribution in [-0.2, 0) is 11.3 Å². The minimum atomic E-state index is -4.28. The number of halogens is 3. The molecule has 0 N–H and O–H groups in total. The monoisotopic (exact) mass is 342 g/mol. The van der Waals surface area contributed by atoms with Crippen LogP contribution in [0.25, 0.3) is 0 Å². The van der Waals surface area contributed by atoms with E-state index >= 15 is 0 Å². The fourth-order valence-electron chi connectivity index (χ4n) is 3.18. The van der Waals surface area contributed by atoms with Crippen LogP contribution in [0, 0.1) is 0 Å². The van der Waals surface area contributed by atoms with Gasteiger partial charge in [0.15, 0.2) is 0 Å². The predicted octanol–water partition coefficient (Wildman–Crippen LogP) is 4.14. The Kier molecular flexibility index (Phi) is 6.27. The van der Waals surface area contributed by atoms with Crippen LogP contribution in [0.15, 0.2) is 24.3 Å². The molecule has 1 aliphatic rings. The zero-order chi connectivity index (χ0) is 17.7. The van der Waals surface area contributed by atoms with E-state index in [2.05, 4.69) is 4.90 Å². The molecule has 1 amide bonds. The third-order valence-corrected chi connectivity index (χ3v) is 4.31. The van der Waals surface area contributed by atoms with Gasteiger partial charge in [0.05, 0.1) is 12.5 Å². The summed E-state index contributed by atoms with van der Waals surface area (Å²) in [4.78, 5) is 16.0. The zero-order valence-corrected chi connectivity index (χ0v) is 14.3. The maximum absolute atomic E-state index is 12.4. The minimum absolute atomic E-state index is 0.104. The Morgan fingerprint density at radius 1 is 1.21 bits per heavy atom. The second kappa shape index (κ2) is 8.01. The molecule has 6 heteroatoms. The Morgan fingerprint density at radius 3 is 2.46 bits per heavy atom. The molecule has 1 atom stereocenters.